The Kier molecular flexibility index (Phi) is 2.66. The van der Waals surface area contributed by atoms with E-state index >= 15 is 0 Å². The van der Waals surface area contributed by atoms with Crippen molar-refractivity contribution in [3.63, 3.8) is 0 Å². The average molecular weight is 155 g/mol. The van der Waals surface area contributed by atoms with Gasteiger partial charge in [0.15, 0.2) is 0 Å². The first-order valence-corrected chi connectivity index (χ1v) is 4.23. The maximum Gasteiger partial charge on any atom is 0.0623 e. The average Bonchev–Trinajstić information content (AvgIpc) is 1.85. The third kappa shape index (κ3) is 2.62. The first-order valence-electron chi connectivity index (χ1n) is 4.23. The fraction of sp³-hybridized carbons (Fsp3) is 0.889. The van der Waals surface area contributed by atoms with E-state index in [-0.39, 0.29) is 5.54 Å². The van der Waals surface area contributed by atoms with Gasteiger partial charge in [-0.05, 0) is 33.6 Å². The lowest BCUT2D eigenvalue weighted by molar-refractivity contribution is 0.0602. The summed E-state index contributed by atoms with van der Waals surface area (Å²) in [5.41, 5.74) is 1.34. The van der Waals surface area contributed by atoms with E-state index in [9.17, 15) is 0 Å². The molecule has 0 aromatic rings. The molecule has 1 aliphatic rings. The lowest BCUT2D eigenvalue weighted by Crippen LogP contribution is -2.31. The third-order valence-corrected chi connectivity index (χ3v) is 2.06. The minimum absolute atomic E-state index is 0.164. The van der Waals surface area contributed by atoms with Crippen LogP contribution >= 0.6 is 0 Å². The quantitative estimate of drug-likeness (QED) is 0.531. The van der Waals surface area contributed by atoms with Crippen LogP contribution in [0.1, 0.15) is 33.6 Å². The highest BCUT2D eigenvalue weighted by Crippen LogP contribution is 2.24. The minimum Gasteiger partial charge on any atom is -0.381 e. The van der Waals surface area contributed by atoms with Crippen molar-refractivity contribution in [2.24, 2.45) is 4.99 Å². The molecule has 0 N–H and O–H groups in total. The molecule has 64 valence electrons. The van der Waals surface area contributed by atoms with E-state index in [0.717, 1.165) is 26.1 Å². The fourth-order valence-corrected chi connectivity index (χ4v) is 1.46. The van der Waals surface area contributed by atoms with Gasteiger partial charge in [0.1, 0.15) is 0 Å². The number of aliphatic imine (C=N–C) groups is 1. The van der Waals surface area contributed by atoms with Crippen molar-refractivity contribution >= 4 is 5.71 Å². The summed E-state index contributed by atoms with van der Waals surface area (Å²) in [6.45, 7) is 8.06. The zero-order valence-corrected chi connectivity index (χ0v) is 7.68. The Bertz CT molecular complexity index is 153. The van der Waals surface area contributed by atoms with Gasteiger partial charge in [0.25, 0.3) is 0 Å². The summed E-state index contributed by atoms with van der Waals surface area (Å²) in [6, 6.07) is 0. The molecule has 0 radical (unpaired) electrons. The number of nitrogens with zero attached hydrogens (tertiary/aromatic N) is 1. The predicted molar refractivity (Wildman–Crippen MR) is 47.2 cm³/mol. The summed E-state index contributed by atoms with van der Waals surface area (Å²) in [5.74, 6) is 0. The van der Waals surface area contributed by atoms with Crippen molar-refractivity contribution < 1.29 is 4.74 Å². The van der Waals surface area contributed by atoms with Gasteiger partial charge in [0.2, 0.25) is 0 Å². The van der Waals surface area contributed by atoms with E-state index in [4.69, 9.17) is 4.74 Å². The number of hydrogen-bond acceptors (Lipinski definition) is 2. The molecule has 1 saturated heterocycles. The normalized spacial score (nSPS) is 22.8. The maximum absolute atomic E-state index is 5.28. The second kappa shape index (κ2) is 3.35. The van der Waals surface area contributed by atoms with Crippen LogP contribution in [-0.4, -0.2) is 24.5 Å². The summed E-state index contributed by atoms with van der Waals surface area (Å²) in [4.78, 5) is 4.61. The molecule has 0 atom stereocenters. The molecule has 0 unspecified atom stereocenters. The maximum atomic E-state index is 5.28. The first-order chi connectivity index (χ1) is 5.12. The van der Waals surface area contributed by atoms with Crippen LogP contribution in [0, 0.1) is 0 Å². The van der Waals surface area contributed by atoms with E-state index in [0.29, 0.717) is 0 Å². The fourth-order valence-electron chi connectivity index (χ4n) is 1.46. The molecule has 2 heteroatoms. The largest absolute Gasteiger partial charge is 0.381 e. The Labute approximate surface area is 68.7 Å². The van der Waals surface area contributed by atoms with Gasteiger partial charge in [0, 0.05) is 18.9 Å². The molecule has 1 fully saturated rings. The lowest BCUT2D eigenvalue weighted by Gasteiger charge is -2.30. The van der Waals surface area contributed by atoms with Crippen LogP contribution in [0.2, 0.25) is 0 Å². The molecule has 0 saturated carbocycles. The third-order valence-electron chi connectivity index (χ3n) is 2.06. The molecule has 0 aliphatic carbocycles. The number of hydrogen-bond donors (Lipinski definition) is 0. The Hall–Kier alpha value is -0.370. The smallest absolute Gasteiger partial charge is 0.0623 e. The molecular formula is C9H17NO. The summed E-state index contributed by atoms with van der Waals surface area (Å²) >= 11 is 0. The van der Waals surface area contributed by atoms with Crippen LogP contribution < -0.4 is 0 Å². The van der Waals surface area contributed by atoms with Crippen molar-refractivity contribution in [2.75, 3.05) is 13.2 Å². The van der Waals surface area contributed by atoms with Gasteiger partial charge in [-0.15, -0.1) is 0 Å². The van der Waals surface area contributed by atoms with Crippen LogP contribution in [0.4, 0.5) is 0 Å². The molecule has 1 heterocycles. The number of rotatable bonds is 1. The summed E-state index contributed by atoms with van der Waals surface area (Å²) < 4.78 is 5.28. The number of ether oxygens (including phenoxy) is 1. The topological polar surface area (TPSA) is 21.6 Å². The zero-order chi connectivity index (χ0) is 8.32. The molecule has 0 spiro atoms. The molecule has 1 rings (SSSR count). The molecule has 1 aliphatic heterocycles. The lowest BCUT2D eigenvalue weighted by atomic mass is 9.93. The molecule has 2 nitrogen and oxygen atoms in total. The van der Waals surface area contributed by atoms with Crippen molar-refractivity contribution in [1.82, 2.24) is 0 Å². The van der Waals surface area contributed by atoms with E-state index in [2.05, 4.69) is 25.8 Å². The van der Waals surface area contributed by atoms with Gasteiger partial charge in [-0.1, -0.05) is 0 Å². The highest BCUT2D eigenvalue weighted by molar-refractivity contribution is 5.79. The van der Waals surface area contributed by atoms with E-state index in [1.54, 1.807) is 0 Å². The Balaban J connectivity index is 2.57. The van der Waals surface area contributed by atoms with Crippen LogP contribution in [0.15, 0.2) is 4.99 Å². The molecule has 11 heavy (non-hydrogen) atoms. The standard InChI is InChI=1S/C9H17NO/c1-8(2)10-9(3)4-6-11-7-5-9/h4-7H2,1-3H3. The van der Waals surface area contributed by atoms with E-state index in [1.807, 2.05) is 0 Å². The Morgan fingerprint density at radius 3 is 2.27 bits per heavy atom. The molecule has 0 amide bonds. The summed E-state index contributed by atoms with van der Waals surface area (Å²) in [7, 11) is 0. The second-order valence-corrected chi connectivity index (χ2v) is 3.67. The monoisotopic (exact) mass is 155 g/mol. The molecule has 0 aromatic heterocycles. The second-order valence-electron chi connectivity index (χ2n) is 3.67. The van der Waals surface area contributed by atoms with Gasteiger partial charge in [-0.2, -0.15) is 0 Å². The summed E-state index contributed by atoms with van der Waals surface area (Å²) in [5, 5.41) is 0. The van der Waals surface area contributed by atoms with Crippen molar-refractivity contribution in [1.29, 1.82) is 0 Å². The molecular weight excluding hydrogens is 138 g/mol. The van der Waals surface area contributed by atoms with Gasteiger partial charge in [-0.25, -0.2) is 0 Å². The van der Waals surface area contributed by atoms with Crippen LogP contribution in [0.25, 0.3) is 0 Å². The highest BCUT2D eigenvalue weighted by atomic mass is 16.5. The van der Waals surface area contributed by atoms with Crippen LogP contribution in [0.5, 0.6) is 0 Å². The van der Waals surface area contributed by atoms with Crippen LogP contribution in [-0.2, 0) is 4.74 Å². The SMILES string of the molecule is CC(C)=NC1(C)CCOCC1. The predicted octanol–water partition coefficient (Wildman–Crippen LogP) is 2.04. The Morgan fingerprint density at radius 2 is 1.82 bits per heavy atom. The highest BCUT2D eigenvalue weighted by Gasteiger charge is 2.25. The van der Waals surface area contributed by atoms with Gasteiger partial charge >= 0.3 is 0 Å². The van der Waals surface area contributed by atoms with E-state index in [1.165, 1.54) is 5.71 Å². The Morgan fingerprint density at radius 1 is 1.27 bits per heavy atom. The minimum atomic E-state index is 0.164. The van der Waals surface area contributed by atoms with Gasteiger partial charge < -0.3 is 4.74 Å². The van der Waals surface area contributed by atoms with Crippen molar-refractivity contribution in [2.45, 2.75) is 39.2 Å². The van der Waals surface area contributed by atoms with Crippen LogP contribution in [0.3, 0.4) is 0 Å². The van der Waals surface area contributed by atoms with Crippen molar-refractivity contribution in [3.05, 3.63) is 0 Å². The molecule has 0 aromatic carbocycles. The summed E-state index contributed by atoms with van der Waals surface area (Å²) in [6.07, 6.45) is 2.14. The van der Waals surface area contributed by atoms with E-state index < -0.39 is 0 Å². The molecule has 0 bridgehead atoms. The first kappa shape index (κ1) is 8.72. The van der Waals surface area contributed by atoms with Crippen molar-refractivity contribution in [3.8, 4) is 0 Å². The van der Waals surface area contributed by atoms with Gasteiger partial charge in [0.05, 0.1) is 5.54 Å². The van der Waals surface area contributed by atoms with Gasteiger partial charge in [-0.3, -0.25) is 4.99 Å². The zero-order valence-electron chi connectivity index (χ0n) is 7.68.